The van der Waals surface area contributed by atoms with E-state index in [0.717, 1.165) is 5.75 Å². The zero-order chi connectivity index (χ0) is 15.8. The van der Waals surface area contributed by atoms with Crippen LogP contribution < -0.4 is 10.6 Å². The van der Waals surface area contributed by atoms with E-state index in [0.29, 0.717) is 28.7 Å². The molecule has 116 valence electrons. The van der Waals surface area contributed by atoms with Crippen LogP contribution in [0.15, 0.2) is 48.5 Å². The van der Waals surface area contributed by atoms with Crippen LogP contribution in [0, 0.1) is 11.6 Å². The summed E-state index contributed by atoms with van der Waals surface area (Å²) in [5.41, 5.74) is 1.04. The minimum Gasteiger partial charge on any atom is -0.362 e. The van der Waals surface area contributed by atoms with Crippen molar-refractivity contribution in [3.63, 3.8) is 0 Å². The van der Waals surface area contributed by atoms with Crippen molar-refractivity contribution < 1.29 is 8.78 Å². The Bertz CT molecular complexity index is 635. The first-order valence-electron chi connectivity index (χ1n) is 6.77. The molecule has 2 aromatic rings. The van der Waals surface area contributed by atoms with Crippen LogP contribution in [0.2, 0.25) is 0 Å². The molecule has 0 bridgehead atoms. The number of nitrogens with one attached hydrogen (secondary N) is 2. The standard InChI is InChI=1S/C16H16F2N2S2/c17-13-6-2-1-5-12(13)11-22-10-9-19-16(21)20-15-8-4-3-7-14(15)18/h1-8H,9-11H2,(H2,19,20,21). The van der Waals surface area contributed by atoms with Crippen molar-refractivity contribution in [2.75, 3.05) is 17.6 Å². The van der Waals surface area contributed by atoms with Gasteiger partial charge >= 0.3 is 0 Å². The highest BCUT2D eigenvalue weighted by Crippen LogP contribution is 2.15. The summed E-state index contributed by atoms with van der Waals surface area (Å²) >= 11 is 6.71. The van der Waals surface area contributed by atoms with Gasteiger partial charge in [-0.1, -0.05) is 30.3 Å². The SMILES string of the molecule is Fc1ccccc1CSCCNC(=S)Nc1ccccc1F. The van der Waals surface area contributed by atoms with Crippen LogP contribution in [-0.4, -0.2) is 17.4 Å². The highest BCUT2D eigenvalue weighted by atomic mass is 32.2. The van der Waals surface area contributed by atoms with E-state index in [1.807, 2.05) is 6.07 Å². The van der Waals surface area contributed by atoms with Gasteiger partial charge in [0.25, 0.3) is 0 Å². The molecule has 2 aromatic carbocycles. The Morgan fingerprint density at radius 3 is 2.41 bits per heavy atom. The van der Waals surface area contributed by atoms with E-state index in [1.165, 1.54) is 12.1 Å². The van der Waals surface area contributed by atoms with Crippen LogP contribution in [0.25, 0.3) is 0 Å². The molecule has 0 saturated heterocycles. The molecule has 2 N–H and O–H groups in total. The number of hydrogen-bond acceptors (Lipinski definition) is 2. The summed E-state index contributed by atoms with van der Waals surface area (Å²) in [5.74, 6) is 0.857. The maximum Gasteiger partial charge on any atom is 0.170 e. The molecule has 2 nitrogen and oxygen atoms in total. The third-order valence-corrected chi connectivity index (χ3v) is 4.12. The molecule has 0 atom stereocenters. The molecule has 0 saturated carbocycles. The van der Waals surface area contributed by atoms with E-state index in [4.69, 9.17) is 12.2 Å². The van der Waals surface area contributed by atoms with Crippen LogP contribution in [-0.2, 0) is 5.75 Å². The Labute approximate surface area is 138 Å². The average Bonchev–Trinajstić information content (AvgIpc) is 2.51. The van der Waals surface area contributed by atoms with Crippen LogP contribution in [0.1, 0.15) is 5.56 Å². The summed E-state index contributed by atoms with van der Waals surface area (Å²) in [4.78, 5) is 0. The molecule has 0 unspecified atom stereocenters. The molecule has 0 radical (unpaired) electrons. The largest absolute Gasteiger partial charge is 0.362 e. The topological polar surface area (TPSA) is 24.1 Å². The van der Waals surface area contributed by atoms with Crippen molar-refractivity contribution in [2.24, 2.45) is 0 Å². The highest BCUT2D eigenvalue weighted by Gasteiger charge is 2.03. The minimum atomic E-state index is -0.347. The van der Waals surface area contributed by atoms with Gasteiger partial charge in [-0.3, -0.25) is 0 Å². The smallest absolute Gasteiger partial charge is 0.170 e. The maximum absolute atomic E-state index is 13.4. The lowest BCUT2D eigenvalue weighted by molar-refractivity contribution is 0.617. The first-order valence-corrected chi connectivity index (χ1v) is 8.33. The fraction of sp³-hybridized carbons (Fsp3) is 0.188. The van der Waals surface area contributed by atoms with Crippen molar-refractivity contribution in [1.82, 2.24) is 5.32 Å². The summed E-state index contributed by atoms with van der Waals surface area (Å²) < 4.78 is 26.8. The number of hydrogen-bond donors (Lipinski definition) is 2. The number of halogens is 2. The Morgan fingerprint density at radius 1 is 1.00 bits per heavy atom. The monoisotopic (exact) mass is 338 g/mol. The van der Waals surface area contributed by atoms with Crippen molar-refractivity contribution in [3.05, 3.63) is 65.7 Å². The minimum absolute atomic E-state index is 0.181. The van der Waals surface area contributed by atoms with Gasteiger partial charge in [-0.2, -0.15) is 11.8 Å². The maximum atomic E-state index is 13.4. The fourth-order valence-corrected chi connectivity index (χ4v) is 2.82. The van der Waals surface area contributed by atoms with Gasteiger partial charge < -0.3 is 10.6 Å². The number of thiocarbonyl (C=S) groups is 1. The molecule has 0 aliphatic carbocycles. The van der Waals surface area contributed by atoms with Crippen molar-refractivity contribution in [2.45, 2.75) is 5.75 Å². The Hall–Kier alpha value is -1.66. The molecule has 0 amide bonds. The van der Waals surface area contributed by atoms with Crippen LogP contribution in [0.5, 0.6) is 0 Å². The summed E-state index contributed by atoms with van der Waals surface area (Å²) in [7, 11) is 0. The molecule has 0 aromatic heterocycles. The molecule has 0 aliphatic rings. The lowest BCUT2D eigenvalue weighted by Crippen LogP contribution is -2.30. The van der Waals surface area contributed by atoms with E-state index < -0.39 is 0 Å². The van der Waals surface area contributed by atoms with Crippen molar-refractivity contribution >= 4 is 34.8 Å². The zero-order valence-corrected chi connectivity index (χ0v) is 13.4. The molecular formula is C16H16F2N2S2. The first kappa shape index (κ1) is 16.7. The quantitative estimate of drug-likeness (QED) is 0.609. The Morgan fingerprint density at radius 2 is 1.68 bits per heavy atom. The number of rotatable bonds is 6. The van der Waals surface area contributed by atoms with Gasteiger partial charge in [0.1, 0.15) is 11.6 Å². The Balaban J connectivity index is 1.65. The third kappa shape index (κ3) is 5.27. The van der Waals surface area contributed by atoms with E-state index in [9.17, 15) is 8.78 Å². The van der Waals surface area contributed by atoms with E-state index in [2.05, 4.69) is 10.6 Å². The van der Waals surface area contributed by atoms with E-state index in [1.54, 1.807) is 42.1 Å². The molecule has 0 fully saturated rings. The van der Waals surface area contributed by atoms with Gasteiger partial charge in [0.15, 0.2) is 5.11 Å². The second kappa shape index (κ2) is 8.70. The second-order valence-corrected chi connectivity index (χ2v) is 6.02. The van der Waals surface area contributed by atoms with Gasteiger partial charge in [0.05, 0.1) is 5.69 Å². The van der Waals surface area contributed by atoms with Gasteiger partial charge in [-0.15, -0.1) is 0 Å². The molecule has 0 heterocycles. The predicted molar refractivity (Wildman–Crippen MR) is 93.2 cm³/mol. The summed E-state index contributed by atoms with van der Waals surface area (Å²) in [6.45, 7) is 0.624. The third-order valence-electron chi connectivity index (χ3n) is 2.87. The number of thioether (sulfide) groups is 1. The van der Waals surface area contributed by atoms with Crippen LogP contribution in [0.3, 0.4) is 0 Å². The Kier molecular flexibility index (Phi) is 6.61. The molecule has 0 aliphatic heterocycles. The molecule has 6 heteroatoms. The number of para-hydroxylation sites is 1. The molecular weight excluding hydrogens is 322 g/mol. The van der Waals surface area contributed by atoms with Gasteiger partial charge in [0.2, 0.25) is 0 Å². The molecule has 0 spiro atoms. The van der Waals surface area contributed by atoms with Crippen molar-refractivity contribution in [1.29, 1.82) is 0 Å². The highest BCUT2D eigenvalue weighted by molar-refractivity contribution is 7.98. The van der Waals surface area contributed by atoms with Gasteiger partial charge in [-0.25, -0.2) is 8.78 Å². The van der Waals surface area contributed by atoms with Gasteiger partial charge in [0, 0.05) is 18.1 Å². The summed E-state index contributed by atoms with van der Waals surface area (Å²) in [6, 6.07) is 13.1. The lowest BCUT2D eigenvalue weighted by atomic mass is 10.2. The predicted octanol–water partition coefficient (Wildman–Crippen LogP) is 4.18. The second-order valence-electron chi connectivity index (χ2n) is 4.50. The van der Waals surface area contributed by atoms with E-state index in [-0.39, 0.29) is 11.6 Å². The van der Waals surface area contributed by atoms with Crippen molar-refractivity contribution in [3.8, 4) is 0 Å². The lowest BCUT2D eigenvalue weighted by Gasteiger charge is -2.11. The molecule has 22 heavy (non-hydrogen) atoms. The number of anilines is 1. The van der Waals surface area contributed by atoms with Crippen LogP contribution >= 0.6 is 24.0 Å². The number of benzene rings is 2. The fourth-order valence-electron chi connectivity index (χ4n) is 1.76. The zero-order valence-electron chi connectivity index (χ0n) is 11.8. The summed E-state index contributed by atoms with van der Waals surface area (Å²) in [5, 5.41) is 6.17. The summed E-state index contributed by atoms with van der Waals surface area (Å²) in [6.07, 6.45) is 0. The first-order chi connectivity index (χ1) is 10.7. The average molecular weight is 338 g/mol. The van der Waals surface area contributed by atoms with Crippen LogP contribution in [0.4, 0.5) is 14.5 Å². The normalized spacial score (nSPS) is 10.3. The van der Waals surface area contributed by atoms with E-state index >= 15 is 0 Å². The molecule has 2 rings (SSSR count). The van der Waals surface area contributed by atoms with Gasteiger partial charge in [-0.05, 0) is 36.0 Å².